The summed E-state index contributed by atoms with van der Waals surface area (Å²) < 4.78 is 11.0. The first-order valence-electron chi connectivity index (χ1n) is 6.42. The fraction of sp³-hybridized carbons (Fsp3) is 0.571. The molecular weight excluding hydrogens is 214 g/mol. The second-order valence-corrected chi connectivity index (χ2v) is 4.02. The first-order chi connectivity index (χ1) is 8.36. The predicted octanol–water partition coefficient (Wildman–Crippen LogP) is 2.98. The fourth-order valence-corrected chi connectivity index (χ4v) is 1.53. The number of hydrogen-bond donors (Lipinski definition) is 1. The highest BCUT2D eigenvalue weighted by molar-refractivity contribution is 5.31. The molecule has 0 unspecified atom stereocenters. The van der Waals surface area contributed by atoms with Gasteiger partial charge < -0.3 is 15.2 Å². The largest absolute Gasteiger partial charge is 0.494 e. The van der Waals surface area contributed by atoms with E-state index in [1.165, 1.54) is 19.3 Å². The van der Waals surface area contributed by atoms with Crippen molar-refractivity contribution in [1.82, 2.24) is 0 Å². The predicted molar refractivity (Wildman–Crippen MR) is 70.6 cm³/mol. The summed E-state index contributed by atoms with van der Waals surface area (Å²) in [5.41, 5.74) is 5.36. The molecule has 0 aliphatic heterocycles. The third-order valence-corrected chi connectivity index (χ3v) is 2.48. The molecule has 2 N–H and O–H groups in total. The average Bonchev–Trinajstić information content (AvgIpc) is 2.37. The van der Waals surface area contributed by atoms with Crippen LogP contribution >= 0.6 is 0 Å². The summed E-state index contributed by atoms with van der Waals surface area (Å²) in [4.78, 5) is 0. The van der Waals surface area contributed by atoms with E-state index < -0.39 is 0 Å². The van der Waals surface area contributed by atoms with Gasteiger partial charge in [0.25, 0.3) is 0 Å². The normalized spacial score (nSPS) is 10.2. The molecule has 0 radical (unpaired) electrons. The Kier molecular flexibility index (Phi) is 7.23. The lowest BCUT2D eigenvalue weighted by atomic mass is 10.2. The Bertz CT molecular complexity index is 285. The van der Waals surface area contributed by atoms with Crippen molar-refractivity contribution in [2.24, 2.45) is 5.73 Å². The highest BCUT2D eigenvalue weighted by Gasteiger charge is 1.96. The molecule has 96 valence electrons. The lowest BCUT2D eigenvalue weighted by molar-refractivity contribution is 0.302. The second kappa shape index (κ2) is 8.88. The van der Waals surface area contributed by atoms with Crippen LogP contribution in [0.3, 0.4) is 0 Å². The Labute approximate surface area is 104 Å². The van der Waals surface area contributed by atoms with Crippen LogP contribution in [-0.4, -0.2) is 19.8 Å². The monoisotopic (exact) mass is 237 g/mol. The minimum absolute atomic E-state index is 0.537. The lowest BCUT2D eigenvalue weighted by Crippen LogP contribution is -2.10. The molecule has 0 atom stereocenters. The van der Waals surface area contributed by atoms with E-state index in [2.05, 4.69) is 6.92 Å². The van der Waals surface area contributed by atoms with Crippen molar-refractivity contribution in [3.8, 4) is 11.5 Å². The van der Waals surface area contributed by atoms with Gasteiger partial charge in [-0.1, -0.05) is 26.2 Å². The van der Waals surface area contributed by atoms with Gasteiger partial charge in [-0.15, -0.1) is 0 Å². The smallest absolute Gasteiger partial charge is 0.119 e. The highest BCUT2D eigenvalue weighted by atomic mass is 16.5. The molecule has 0 aliphatic rings. The van der Waals surface area contributed by atoms with Crippen LogP contribution in [0.4, 0.5) is 0 Å². The van der Waals surface area contributed by atoms with Gasteiger partial charge in [-0.3, -0.25) is 0 Å². The van der Waals surface area contributed by atoms with Gasteiger partial charge in [-0.2, -0.15) is 0 Å². The van der Waals surface area contributed by atoms with Gasteiger partial charge in [0.1, 0.15) is 18.1 Å². The Morgan fingerprint density at radius 2 is 1.47 bits per heavy atom. The van der Waals surface area contributed by atoms with Gasteiger partial charge in [0, 0.05) is 6.54 Å². The minimum Gasteiger partial charge on any atom is -0.494 e. The molecule has 0 fully saturated rings. The number of benzene rings is 1. The number of rotatable bonds is 9. The zero-order chi connectivity index (χ0) is 12.3. The summed E-state index contributed by atoms with van der Waals surface area (Å²) in [5, 5.41) is 0. The minimum atomic E-state index is 0.537. The number of unbranched alkanes of at least 4 members (excludes halogenated alkanes) is 3. The molecule has 0 aliphatic carbocycles. The first kappa shape index (κ1) is 13.8. The summed E-state index contributed by atoms with van der Waals surface area (Å²) >= 11 is 0. The summed E-state index contributed by atoms with van der Waals surface area (Å²) in [6, 6.07) is 7.70. The second-order valence-electron chi connectivity index (χ2n) is 4.02. The van der Waals surface area contributed by atoms with Crippen LogP contribution in [-0.2, 0) is 0 Å². The van der Waals surface area contributed by atoms with Gasteiger partial charge in [-0.05, 0) is 30.7 Å². The van der Waals surface area contributed by atoms with E-state index in [9.17, 15) is 0 Å². The summed E-state index contributed by atoms with van der Waals surface area (Å²) in [6.07, 6.45) is 4.91. The van der Waals surface area contributed by atoms with Gasteiger partial charge in [0.2, 0.25) is 0 Å². The van der Waals surface area contributed by atoms with Crippen molar-refractivity contribution < 1.29 is 9.47 Å². The summed E-state index contributed by atoms with van der Waals surface area (Å²) in [5.74, 6) is 1.75. The molecule has 0 saturated heterocycles. The maximum absolute atomic E-state index is 5.63. The van der Waals surface area contributed by atoms with Crippen LogP contribution in [0.1, 0.15) is 32.6 Å². The van der Waals surface area contributed by atoms with Gasteiger partial charge in [-0.25, -0.2) is 0 Å². The van der Waals surface area contributed by atoms with Crippen molar-refractivity contribution in [3.63, 3.8) is 0 Å². The maximum atomic E-state index is 5.63. The van der Waals surface area contributed by atoms with Crippen LogP contribution in [0.25, 0.3) is 0 Å². The topological polar surface area (TPSA) is 44.5 Å². The Morgan fingerprint density at radius 1 is 0.882 bits per heavy atom. The van der Waals surface area contributed by atoms with Crippen molar-refractivity contribution in [3.05, 3.63) is 24.3 Å². The molecule has 0 heterocycles. The van der Waals surface area contributed by atoms with Crippen LogP contribution in [0, 0.1) is 0 Å². The Hall–Kier alpha value is -1.22. The zero-order valence-corrected chi connectivity index (χ0v) is 10.7. The maximum Gasteiger partial charge on any atom is 0.119 e. The molecule has 0 bridgehead atoms. The third-order valence-electron chi connectivity index (χ3n) is 2.48. The van der Waals surface area contributed by atoms with Crippen LogP contribution in [0.2, 0.25) is 0 Å². The van der Waals surface area contributed by atoms with E-state index in [0.717, 1.165) is 24.5 Å². The SMILES string of the molecule is CCCCCCOc1ccc(OCCN)cc1. The van der Waals surface area contributed by atoms with Crippen LogP contribution < -0.4 is 15.2 Å². The third kappa shape index (κ3) is 6.17. The van der Waals surface area contributed by atoms with E-state index in [1.807, 2.05) is 24.3 Å². The highest BCUT2D eigenvalue weighted by Crippen LogP contribution is 2.17. The zero-order valence-electron chi connectivity index (χ0n) is 10.7. The molecule has 0 spiro atoms. The van der Waals surface area contributed by atoms with Gasteiger partial charge >= 0.3 is 0 Å². The van der Waals surface area contributed by atoms with Gasteiger partial charge in [0.05, 0.1) is 6.61 Å². The van der Waals surface area contributed by atoms with Crippen molar-refractivity contribution in [1.29, 1.82) is 0 Å². The fourth-order valence-electron chi connectivity index (χ4n) is 1.53. The molecular formula is C14H23NO2. The molecule has 1 aromatic carbocycles. The molecule has 0 amide bonds. The van der Waals surface area contributed by atoms with Gasteiger partial charge in [0.15, 0.2) is 0 Å². The van der Waals surface area contributed by atoms with Crippen molar-refractivity contribution in [2.45, 2.75) is 32.6 Å². The molecule has 1 aromatic rings. The van der Waals surface area contributed by atoms with Crippen molar-refractivity contribution in [2.75, 3.05) is 19.8 Å². The average molecular weight is 237 g/mol. The Balaban J connectivity index is 2.20. The van der Waals surface area contributed by atoms with Crippen LogP contribution in [0.5, 0.6) is 11.5 Å². The number of ether oxygens (including phenoxy) is 2. The van der Waals surface area contributed by atoms with E-state index >= 15 is 0 Å². The number of hydrogen-bond acceptors (Lipinski definition) is 3. The summed E-state index contributed by atoms with van der Waals surface area (Å²) in [7, 11) is 0. The molecule has 3 heteroatoms. The van der Waals surface area contributed by atoms with E-state index in [0.29, 0.717) is 13.2 Å². The summed E-state index contributed by atoms with van der Waals surface area (Å²) in [6.45, 7) is 4.09. The standard InChI is InChI=1S/C14H23NO2/c1-2-3-4-5-11-16-13-6-8-14(9-7-13)17-12-10-15/h6-9H,2-5,10-12,15H2,1H3. The van der Waals surface area contributed by atoms with E-state index in [4.69, 9.17) is 15.2 Å². The lowest BCUT2D eigenvalue weighted by Gasteiger charge is -2.07. The number of nitrogens with two attached hydrogens (primary N) is 1. The molecule has 3 nitrogen and oxygen atoms in total. The first-order valence-corrected chi connectivity index (χ1v) is 6.42. The Morgan fingerprint density at radius 3 is 2.00 bits per heavy atom. The molecule has 0 aromatic heterocycles. The van der Waals surface area contributed by atoms with E-state index in [1.54, 1.807) is 0 Å². The van der Waals surface area contributed by atoms with Crippen LogP contribution in [0.15, 0.2) is 24.3 Å². The molecule has 0 saturated carbocycles. The van der Waals surface area contributed by atoms with Crippen molar-refractivity contribution >= 4 is 0 Å². The van der Waals surface area contributed by atoms with E-state index in [-0.39, 0.29) is 0 Å². The quantitative estimate of drug-likeness (QED) is 0.671. The molecule has 17 heavy (non-hydrogen) atoms. The molecule has 1 rings (SSSR count).